The zero-order valence-electron chi connectivity index (χ0n) is 13.9. The molecule has 3 saturated heterocycles. The van der Waals surface area contributed by atoms with Crippen LogP contribution in [0.5, 0.6) is 0 Å². The minimum Gasteiger partial charge on any atom is -0.343 e. The van der Waals surface area contributed by atoms with E-state index in [9.17, 15) is 0 Å². The van der Waals surface area contributed by atoms with Gasteiger partial charge in [0.1, 0.15) is 18.3 Å². The van der Waals surface area contributed by atoms with Crippen molar-refractivity contribution in [2.45, 2.75) is 50.2 Å². The predicted octanol–water partition coefficient (Wildman–Crippen LogP) is 3.33. The lowest BCUT2D eigenvalue weighted by atomic mass is 10.0. The first-order valence-corrected chi connectivity index (χ1v) is 8.67. The SMILES string of the molecule is CC1OC(c2ccccc2)OC2C1OC1OC(c3ccccc3)OC12. The number of hydrogen-bond donors (Lipinski definition) is 0. The summed E-state index contributed by atoms with van der Waals surface area (Å²) < 4.78 is 30.4. The van der Waals surface area contributed by atoms with Gasteiger partial charge in [0.2, 0.25) is 0 Å². The van der Waals surface area contributed by atoms with Crippen LogP contribution >= 0.6 is 0 Å². The summed E-state index contributed by atoms with van der Waals surface area (Å²) >= 11 is 0. The molecule has 0 amide bonds. The van der Waals surface area contributed by atoms with Gasteiger partial charge in [-0.1, -0.05) is 60.7 Å². The third kappa shape index (κ3) is 2.69. The number of hydrogen-bond acceptors (Lipinski definition) is 5. The van der Waals surface area contributed by atoms with Gasteiger partial charge in [0.15, 0.2) is 18.9 Å². The van der Waals surface area contributed by atoms with Crippen molar-refractivity contribution >= 4 is 0 Å². The van der Waals surface area contributed by atoms with Crippen LogP contribution in [0.25, 0.3) is 0 Å². The molecule has 3 heterocycles. The summed E-state index contributed by atoms with van der Waals surface area (Å²) in [4.78, 5) is 0. The molecule has 0 aliphatic carbocycles. The second-order valence-corrected chi connectivity index (χ2v) is 6.63. The van der Waals surface area contributed by atoms with E-state index in [4.69, 9.17) is 23.7 Å². The van der Waals surface area contributed by atoms with Gasteiger partial charge in [0.05, 0.1) is 6.10 Å². The van der Waals surface area contributed by atoms with Gasteiger partial charge in [-0.25, -0.2) is 0 Å². The molecular formula is C20H20O5. The Morgan fingerprint density at radius 2 is 1.12 bits per heavy atom. The van der Waals surface area contributed by atoms with E-state index in [1.807, 2.05) is 67.6 Å². The fraction of sp³-hybridized carbons (Fsp3) is 0.400. The molecule has 5 rings (SSSR count). The standard InChI is InChI=1S/C20H20O5/c1-12-15-16(23-18(21-12)13-8-4-2-5-9-13)17-20(22-15)25-19(24-17)14-10-6-3-7-11-14/h2-12,15-20H,1H3. The van der Waals surface area contributed by atoms with E-state index in [2.05, 4.69) is 0 Å². The lowest BCUT2D eigenvalue weighted by Crippen LogP contribution is -2.47. The number of ether oxygens (including phenoxy) is 5. The molecule has 0 aromatic heterocycles. The van der Waals surface area contributed by atoms with Gasteiger partial charge in [-0.05, 0) is 6.92 Å². The van der Waals surface area contributed by atoms with Crippen molar-refractivity contribution in [3.8, 4) is 0 Å². The van der Waals surface area contributed by atoms with E-state index in [0.717, 1.165) is 11.1 Å². The van der Waals surface area contributed by atoms with E-state index < -0.39 is 18.9 Å². The lowest BCUT2D eigenvalue weighted by Gasteiger charge is -2.37. The van der Waals surface area contributed by atoms with Gasteiger partial charge in [0.25, 0.3) is 0 Å². The largest absolute Gasteiger partial charge is 0.343 e. The van der Waals surface area contributed by atoms with Gasteiger partial charge in [0, 0.05) is 11.1 Å². The number of fused-ring (bicyclic) bond motifs is 3. The molecule has 3 aliphatic heterocycles. The zero-order chi connectivity index (χ0) is 16.8. The number of benzene rings is 2. The first kappa shape index (κ1) is 15.5. The van der Waals surface area contributed by atoms with E-state index in [0.29, 0.717) is 0 Å². The van der Waals surface area contributed by atoms with Gasteiger partial charge in [-0.3, -0.25) is 0 Å². The van der Waals surface area contributed by atoms with Crippen LogP contribution in [-0.4, -0.2) is 30.7 Å². The predicted molar refractivity (Wildman–Crippen MR) is 88.4 cm³/mol. The summed E-state index contributed by atoms with van der Waals surface area (Å²) in [6.07, 6.45) is -2.03. The fourth-order valence-corrected chi connectivity index (χ4v) is 3.71. The van der Waals surface area contributed by atoms with Crippen molar-refractivity contribution in [1.29, 1.82) is 0 Å². The van der Waals surface area contributed by atoms with E-state index in [1.165, 1.54) is 0 Å². The highest BCUT2D eigenvalue weighted by atomic mass is 16.8. The van der Waals surface area contributed by atoms with Crippen LogP contribution in [0, 0.1) is 0 Å². The minimum absolute atomic E-state index is 0.100. The molecule has 3 aliphatic rings. The molecule has 0 N–H and O–H groups in total. The second kappa shape index (κ2) is 6.20. The van der Waals surface area contributed by atoms with Crippen LogP contribution in [0.3, 0.4) is 0 Å². The van der Waals surface area contributed by atoms with Gasteiger partial charge in [-0.2, -0.15) is 0 Å². The molecule has 5 nitrogen and oxygen atoms in total. The van der Waals surface area contributed by atoms with Crippen LogP contribution in [0.4, 0.5) is 0 Å². The fourth-order valence-electron chi connectivity index (χ4n) is 3.71. The van der Waals surface area contributed by atoms with E-state index >= 15 is 0 Å². The van der Waals surface area contributed by atoms with Crippen molar-refractivity contribution in [1.82, 2.24) is 0 Å². The van der Waals surface area contributed by atoms with Gasteiger partial charge < -0.3 is 23.7 Å². The molecule has 0 saturated carbocycles. The molecule has 5 heteroatoms. The molecule has 0 radical (unpaired) electrons. The van der Waals surface area contributed by atoms with Gasteiger partial charge >= 0.3 is 0 Å². The lowest BCUT2D eigenvalue weighted by molar-refractivity contribution is -0.297. The molecule has 25 heavy (non-hydrogen) atoms. The zero-order valence-corrected chi connectivity index (χ0v) is 13.9. The quantitative estimate of drug-likeness (QED) is 0.839. The maximum Gasteiger partial charge on any atom is 0.190 e. The Kier molecular flexibility index (Phi) is 3.84. The molecule has 2 aromatic carbocycles. The maximum atomic E-state index is 6.21. The molecule has 0 bridgehead atoms. The van der Waals surface area contributed by atoms with Gasteiger partial charge in [-0.15, -0.1) is 0 Å². The highest BCUT2D eigenvalue weighted by Gasteiger charge is 2.57. The molecule has 7 unspecified atom stereocenters. The highest BCUT2D eigenvalue weighted by Crippen LogP contribution is 2.45. The van der Waals surface area contributed by atoms with E-state index in [-0.39, 0.29) is 24.4 Å². The normalized spacial score (nSPS) is 39.8. The average molecular weight is 340 g/mol. The Bertz CT molecular complexity index is 721. The maximum absolute atomic E-state index is 6.21. The van der Waals surface area contributed by atoms with Crippen LogP contribution in [0.15, 0.2) is 60.7 Å². The second-order valence-electron chi connectivity index (χ2n) is 6.63. The Morgan fingerprint density at radius 3 is 1.76 bits per heavy atom. The Labute approximate surface area is 146 Å². The first-order valence-electron chi connectivity index (χ1n) is 8.67. The Hall–Kier alpha value is -1.76. The summed E-state index contributed by atoms with van der Waals surface area (Å²) in [5, 5.41) is 0. The van der Waals surface area contributed by atoms with Crippen molar-refractivity contribution in [2.24, 2.45) is 0 Å². The number of rotatable bonds is 2. The van der Waals surface area contributed by atoms with Crippen molar-refractivity contribution in [3.63, 3.8) is 0 Å². The highest BCUT2D eigenvalue weighted by molar-refractivity contribution is 5.19. The molecule has 130 valence electrons. The monoisotopic (exact) mass is 340 g/mol. The molecular weight excluding hydrogens is 320 g/mol. The topological polar surface area (TPSA) is 46.2 Å². The van der Waals surface area contributed by atoms with Crippen LogP contribution in [-0.2, 0) is 23.7 Å². The third-order valence-electron chi connectivity index (χ3n) is 4.97. The van der Waals surface area contributed by atoms with Crippen molar-refractivity contribution in [2.75, 3.05) is 0 Å². The molecule has 2 aromatic rings. The molecule has 0 spiro atoms. The summed E-state index contributed by atoms with van der Waals surface area (Å²) in [5.41, 5.74) is 1.98. The van der Waals surface area contributed by atoms with Crippen molar-refractivity contribution in [3.05, 3.63) is 71.8 Å². The Balaban J connectivity index is 1.36. The smallest absolute Gasteiger partial charge is 0.190 e. The summed E-state index contributed by atoms with van der Waals surface area (Å²) in [6.45, 7) is 2.01. The summed E-state index contributed by atoms with van der Waals surface area (Å²) in [6, 6.07) is 19.8. The third-order valence-corrected chi connectivity index (χ3v) is 4.97. The van der Waals surface area contributed by atoms with Crippen molar-refractivity contribution < 1.29 is 23.7 Å². The minimum atomic E-state index is -0.430. The average Bonchev–Trinajstić information content (AvgIpc) is 3.22. The van der Waals surface area contributed by atoms with Crippen LogP contribution in [0.2, 0.25) is 0 Å². The summed E-state index contributed by atoms with van der Waals surface area (Å²) in [7, 11) is 0. The van der Waals surface area contributed by atoms with E-state index in [1.54, 1.807) is 0 Å². The molecule has 7 atom stereocenters. The van der Waals surface area contributed by atoms with Crippen LogP contribution < -0.4 is 0 Å². The van der Waals surface area contributed by atoms with Crippen LogP contribution in [0.1, 0.15) is 30.6 Å². The Morgan fingerprint density at radius 1 is 0.560 bits per heavy atom. The summed E-state index contributed by atoms with van der Waals surface area (Å²) in [5.74, 6) is 0. The first-order chi connectivity index (χ1) is 12.3. The molecule has 3 fully saturated rings.